The zero-order valence-electron chi connectivity index (χ0n) is 15.6. The average molecular weight is 398 g/mol. The van der Waals surface area contributed by atoms with Crippen LogP contribution in [-0.4, -0.2) is 24.1 Å². The van der Waals surface area contributed by atoms with Gasteiger partial charge in [-0.3, -0.25) is 4.98 Å². The van der Waals surface area contributed by atoms with E-state index in [0.717, 1.165) is 22.0 Å². The number of hydrogen-bond acceptors (Lipinski definition) is 4. The summed E-state index contributed by atoms with van der Waals surface area (Å²) in [5.41, 5.74) is 3.26. The van der Waals surface area contributed by atoms with Gasteiger partial charge in [0.05, 0.1) is 16.2 Å². The number of benzene rings is 2. The summed E-state index contributed by atoms with van der Waals surface area (Å²) in [5, 5.41) is 0.981. The van der Waals surface area contributed by atoms with Crippen molar-refractivity contribution in [1.29, 1.82) is 0 Å². The molecular weight excluding hydrogens is 380 g/mol. The first-order chi connectivity index (χ1) is 14.1. The van der Waals surface area contributed by atoms with E-state index in [-0.39, 0.29) is 10.6 Å². The molecule has 29 heavy (non-hydrogen) atoms. The summed E-state index contributed by atoms with van der Waals surface area (Å²) >= 11 is 0. The zero-order valence-corrected chi connectivity index (χ0v) is 16.4. The highest BCUT2D eigenvalue weighted by Gasteiger charge is 2.15. The van der Waals surface area contributed by atoms with Crippen LogP contribution >= 0.6 is 0 Å². The van der Waals surface area contributed by atoms with Gasteiger partial charge in [-0.2, -0.15) is 0 Å². The van der Waals surface area contributed by atoms with E-state index in [1.54, 1.807) is 18.3 Å². The highest BCUT2D eigenvalue weighted by atomic mass is 32.2. The largest absolute Gasteiger partial charge is 0.256 e. The van der Waals surface area contributed by atoms with Gasteiger partial charge in [0.15, 0.2) is 9.84 Å². The molecule has 5 heteroatoms. The van der Waals surface area contributed by atoms with Gasteiger partial charge in [-0.1, -0.05) is 42.3 Å². The number of hydrogen-bond donors (Lipinski definition) is 0. The van der Waals surface area contributed by atoms with Crippen LogP contribution in [0.15, 0.2) is 90.1 Å². The first-order valence-electron chi connectivity index (χ1n) is 9.20. The summed E-state index contributed by atoms with van der Waals surface area (Å²) in [6.45, 7) is 0. The lowest BCUT2D eigenvalue weighted by atomic mass is 10.1. The maximum atomic E-state index is 12.7. The molecule has 2 aromatic heterocycles. The van der Waals surface area contributed by atoms with Crippen molar-refractivity contribution < 1.29 is 8.42 Å². The lowest BCUT2D eigenvalue weighted by molar-refractivity contribution is 0.595. The van der Waals surface area contributed by atoms with Crippen LogP contribution in [0, 0.1) is 11.8 Å². The fraction of sp³-hybridized carbons (Fsp3) is 0.0833. The lowest BCUT2D eigenvalue weighted by Gasteiger charge is -2.07. The number of nitrogens with zero attached hydrogens (tertiary/aromatic N) is 2. The van der Waals surface area contributed by atoms with E-state index in [2.05, 4.69) is 21.8 Å². The van der Waals surface area contributed by atoms with Crippen molar-refractivity contribution in [2.45, 2.75) is 11.3 Å². The molecule has 2 aromatic carbocycles. The molecule has 0 unspecified atom stereocenters. The van der Waals surface area contributed by atoms with E-state index >= 15 is 0 Å². The van der Waals surface area contributed by atoms with Crippen LogP contribution in [0.4, 0.5) is 0 Å². The summed E-state index contributed by atoms with van der Waals surface area (Å²) in [6, 6.07) is 22.4. The maximum Gasteiger partial charge on any atom is 0.180 e. The van der Waals surface area contributed by atoms with Gasteiger partial charge in [0.25, 0.3) is 0 Å². The summed E-state index contributed by atoms with van der Waals surface area (Å²) in [5.74, 6) is 5.98. The van der Waals surface area contributed by atoms with E-state index in [0.29, 0.717) is 12.1 Å². The van der Waals surface area contributed by atoms with Crippen LogP contribution in [0.5, 0.6) is 0 Å². The molecular formula is C24H18N2O2S. The molecule has 142 valence electrons. The fourth-order valence-electron chi connectivity index (χ4n) is 3.03. The van der Waals surface area contributed by atoms with Crippen molar-refractivity contribution >= 4 is 20.7 Å². The molecule has 2 heterocycles. The Balaban J connectivity index is 1.49. The first kappa shape index (κ1) is 18.9. The average Bonchev–Trinajstić information content (AvgIpc) is 2.77. The topological polar surface area (TPSA) is 59.9 Å². The van der Waals surface area contributed by atoms with Gasteiger partial charge in [-0.15, -0.1) is 0 Å². The minimum atomic E-state index is -3.44. The molecule has 0 N–H and O–H groups in total. The highest BCUT2D eigenvalue weighted by molar-refractivity contribution is 7.91. The lowest BCUT2D eigenvalue weighted by Crippen LogP contribution is -2.10. The van der Waals surface area contributed by atoms with Crippen molar-refractivity contribution in [1.82, 2.24) is 9.97 Å². The van der Waals surface area contributed by atoms with E-state index in [9.17, 15) is 8.42 Å². The second-order valence-electron chi connectivity index (χ2n) is 6.55. The normalized spacial score (nSPS) is 11.0. The molecule has 0 bridgehead atoms. The van der Waals surface area contributed by atoms with Gasteiger partial charge in [0.2, 0.25) is 0 Å². The van der Waals surface area contributed by atoms with E-state index in [4.69, 9.17) is 0 Å². The Morgan fingerprint density at radius 1 is 0.793 bits per heavy atom. The minimum absolute atomic E-state index is 0.0116. The van der Waals surface area contributed by atoms with Gasteiger partial charge in [0, 0.05) is 23.3 Å². The van der Waals surface area contributed by atoms with Crippen molar-refractivity contribution in [3.8, 4) is 11.8 Å². The Hall–Kier alpha value is -3.49. The Bertz CT molecular complexity index is 1300. The Labute approximate surface area is 170 Å². The molecule has 0 aliphatic carbocycles. The van der Waals surface area contributed by atoms with E-state index in [1.807, 2.05) is 60.7 Å². The number of fused-ring (bicyclic) bond motifs is 1. The van der Waals surface area contributed by atoms with Crippen LogP contribution in [0.3, 0.4) is 0 Å². The molecule has 0 amide bonds. The predicted molar refractivity (Wildman–Crippen MR) is 114 cm³/mol. The van der Waals surface area contributed by atoms with Crippen molar-refractivity contribution in [3.63, 3.8) is 0 Å². The Kier molecular flexibility index (Phi) is 5.37. The molecule has 4 aromatic rings. The van der Waals surface area contributed by atoms with E-state index in [1.165, 1.54) is 6.20 Å². The standard InChI is InChI=1S/C24H18N2O2S/c27-29(28,17-15-20-14-16-25-24-9-5-4-8-23(20)24)22-13-12-21(26-18-22)11-10-19-6-2-1-3-7-19/h1-9,12-14,16,18H,15,17H2. The van der Waals surface area contributed by atoms with Gasteiger partial charge in [0.1, 0.15) is 5.69 Å². The molecule has 0 aliphatic heterocycles. The van der Waals surface area contributed by atoms with Crippen LogP contribution < -0.4 is 0 Å². The third-order valence-electron chi connectivity index (χ3n) is 4.58. The zero-order chi connectivity index (χ0) is 20.1. The summed E-state index contributed by atoms with van der Waals surface area (Å²) in [4.78, 5) is 8.73. The van der Waals surface area contributed by atoms with Crippen molar-refractivity contribution in [2.75, 3.05) is 5.75 Å². The van der Waals surface area contributed by atoms with Gasteiger partial charge < -0.3 is 0 Å². The summed E-state index contributed by atoms with van der Waals surface area (Å²) in [7, 11) is -3.44. The minimum Gasteiger partial charge on any atom is -0.256 e. The SMILES string of the molecule is O=S(=O)(CCc1ccnc2ccccc12)c1ccc(C#Cc2ccccc2)nc1. The molecule has 4 rings (SSSR count). The second-order valence-corrected chi connectivity index (χ2v) is 8.66. The second kappa shape index (κ2) is 8.26. The smallest absolute Gasteiger partial charge is 0.180 e. The van der Waals surface area contributed by atoms with Gasteiger partial charge in [-0.25, -0.2) is 13.4 Å². The number of aryl methyl sites for hydroxylation is 1. The van der Waals surface area contributed by atoms with Crippen LogP contribution in [0.2, 0.25) is 0 Å². The number of para-hydroxylation sites is 1. The molecule has 0 saturated heterocycles. The number of pyridine rings is 2. The highest BCUT2D eigenvalue weighted by Crippen LogP contribution is 2.19. The van der Waals surface area contributed by atoms with Gasteiger partial charge >= 0.3 is 0 Å². The quantitative estimate of drug-likeness (QED) is 0.487. The van der Waals surface area contributed by atoms with Crippen molar-refractivity contribution in [2.24, 2.45) is 0 Å². The van der Waals surface area contributed by atoms with Crippen LogP contribution in [0.1, 0.15) is 16.8 Å². The van der Waals surface area contributed by atoms with Gasteiger partial charge in [-0.05, 0) is 54.3 Å². The molecule has 4 nitrogen and oxygen atoms in total. The van der Waals surface area contributed by atoms with Crippen LogP contribution in [-0.2, 0) is 16.3 Å². The number of rotatable bonds is 4. The third kappa shape index (κ3) is 4.50. The maximum absolute atomic E-state index is 12.7. The first-order valence-corrected chi connectivity index (χ1v) is 10.9. The molecule has 0 radical (unpaired) electrons. The molecule has 0 atom stereocenters. The number of sulfone groups is 1. The van der Waals surface area contributed by atoms with Crippen molar-refractivity contribution in [3.05, 3.63) is 102 Å². The number of aromatic nitrogens is 2. The molecule has 0 aliphatic rings. The fourth-order valence-corrected chi connectivity index (χ4v) is 4.24. The molecule has 0 fully saturated rings. The molecule has 0 spiro atoms. The summed E-state index contributed by atoms with van der Waals surface area (Å²) in [6.07, 6.45) is 3.52. The van der Waals surface area contributed by atoms with E-state index < -0.39 is 9.84 Å². The summed E-state index contributed by atoms with van der Waals surface area (Å²) < 4.78 is 25.5. The monoisotopic (exact) mass is 398 g/mol. The van der Waals surface area contributed by atoms with Crippen LogP contribution in [0.25, 0.3) is 10.9 Å². The Morgan fingerprint density at radius 3 is 2.38 bits per heavy atom. The molecule has 0 saturated carbocycles. The predicted octanol–water partition coefficient (Wildman–Crippen LogP) is 4.05. The third-order valence-corrected chi connectivity index (χ3v) is 6.28. The Morgan fingerprint density at radius 2 is 1.59 bits per heavy atom.